The number of H-pyrrole nitrogens is 1. The number of nitrogens with one attached hydrogen (secondary N) is 1. The molecule has 0 saturated heterocycles. The average molecular weight is 296 g/mol. The molecule has 16 heavy (non-hydrogen) atoms. The SMILES string of the molecule is CCc1cc(=S)nc(-c2ccc(Br)cn2)[nH]1. The summed E-state index contributed by atoms with van der Waals surface area (Å²) in [5.74, 6) is 0.719. The summed E-state index contributed by atoms with van der Waals surface area (Å²) in [5, 5.41) is 0. The van der Waals surface area contributed by atoms with Crippen LogP contribution in [0.15, 0.2) is 28.9 Å². The maximum absolute atomic E-state index is 5.11. The van der Waals surface area contributed by atoms with Gasteiger partial charge in [-0.1, -0.05) is 19.1 Å². The highest BCUT2D eigenvalue weighted by Crippen LogP contribution is 2.15. The van der Waals surface area contributed by atoms with Gasteiger partial charge in [0.05, 0.1) is 0 Å². The molecule has 0 aliphatic rings. The van der Waals surface area contributed by atoms with Crippen LogP contribution < -0.4 is 0 Å². The molecule has 2 aromatic heterocycles. The van der Waals surface area contributed by atoms with Crippen LogP contribution in [-0.4, -0.2) is 15.0 Å². The van der Waals surface area contributed by atoms with Crippen molar-refractivity contribution in [3.05, 3.63) is 39.2 Å². The van der Waals surface area contributed by atoms with Crippen LogP contribution in [0.25, 0.3) is 11.5 Å². The Balaban J connectivity index is 2.51. The van der Waals surface area contributed by atoms with Gasteiger partial charge in [-0.3, -0.25) is 4.98 Å². The topological polar surface area (TPSA) is 41.6 Å². The normalized spacial score (nSPS) is 10.4. The number of hydrogen-bond acceptors (Lipinski definition) is 3. The average Bonchev–Trinajstić information content (AvgIpc) is 2.29. The van der Waals surface area contributed by atoms with Gasteiger partial charge in [0, 0.05) is 16.4 Å². The Bertz CT molecular complexity index is 548. The number of aromatic amines is 1. The van der Waals surface area contributed by atoms with Crippen LogP contribution in [0.2, 0.25) is 0 Å². The van der Waals surface area contributed by atoms with Crippen LogP contribution in [0.1, 0.15) is 12.6 Å². The zero-order valence-electron chi connectivity index (χ0n) is 8.70. The summed E-state index contributed by atoms with van der Waals surface area (Å²) in [6.07, 6.45) is 2.64. The van der Waals surface area contributed by atoms with Crippen molar-refractivity contribution >= 4 is 28.1 Å². The van der Waals surface area contributed by atoms with Crippen LogP contribution in [0.4, 0.5) is 0 Å². The first kappa shape index (κ1) is 11.4. The van der Waals surface area contributed by atoms with Crippen molar-refractivity contribution in [1.82, 2.24) is 15.0 Å². The minimum Gasteiger partial charge on any atom is -0.342 e. The summed E-state index contributed by atoms with van der Waals surface area (Å²) >= 11 is 8.46. The van der Waals surface area contributed by atoms with E-state index in [1.54, 1.807) is 6.20 Å². The third kappa shape index (κ3) is 2.54. The highest BCUT2D eigenvalue weighted by molar-refractivity contribution is 9.10. The minimum atomic E-state index is 0.593. The molecule has 2 rings (SSSR count). The molecule has 0 saturated carbocycles. The zero-order valence-corrected chi connectivity index (χ0v) is 11.1. The molecule has 0 radical (unpaired) electrons. The molecule has 0 aromatic carbocycles. The molecule has 0 aliphatic carbocycles. The largest absolute Gasteiger partial charge is 0.342 e. The summed E-state index contributed by atoms with van der Waals surface area (Å²) in [6.45, 7) is 2.07. The lowest BCUT2D eigenvalue weighted by molar-refractivity contribution is 0.991. The van der Waals surface area contributed by atoms with Gasteiger partial charge in [-0.2, -0.15) is 0 Å². The number of nitrogens with zero attached hydrogens (tertiary/aromatic N) is 2. The molecular formula is C11H10BrN3S. The third-order valence-corrected chi connectivity index (χ3v) is 2.83. The first-order chi connectivity index (χ1) is 7.69. The number of hydrogen-bond donors (Lipinski definition) is 1. The van der Waals surface area contributed by atoms with Gasteiger partial charge >= 0.3 is 0 Å². The molecule has 1 N–H and O–H groups in total. The fourth-order valence-corrected chi connectivity index (χ4v) is 1.80. The second-order valence-electron chi connectivity index (χ2n) is 3.31. The molecule has 0 atom stereocenters. The predicted octanol–water partition coefficient (Wildman–Crippen LogP) is 3.53. The zero-order chi connectivity index (χ0) is 11.5. The van der Waals surface area contributed by atoms with Gasteiger partial charge in [-0.15, -0.1) is 0 Å². The number of halogens is 1. The first-order valence-corrected chi connectivity index (χ1v) is 6.11. The molecule has 0 unspecified atom stereocenters. The lowest BCUT2D eigenvalue weighted by Gasteiger charge is -2.03. The summed E-state index contributed by atoms with van der Waals surface area (Å²) in [7, 11) is 0. The highest BCUT2D eigenvalue weighted by Gasteiger charge is 2.02. The van der Waals surface area contributed by atoms with E-state index in [4.69, 9.17) is 12.2 Å². The van der Waals surface area contributed by atoms with E-state index in [2.05, 4.69) is 37.8 Å². The Morgan fingerprint density at radius 3 is 2.88 bits per heavy atom. The van der Waals surface area contributed by atoms with Gasteiger partial charge in [-0.25, -0.2) is 4.98 Å². The quantitative estimate of drug-likeness (QED) is 0.862. The second kappa shape index (κ2) is 4.84. The fraction of sp³-hybridized carbons (Fsp3) is 0.182. The number of aromatic nitrogens is 3. The van der Waals surface area contributed by atoms with E-state index < -0.39 is 0 Å². The molecule has 0 amide bonds. The molecule has 0 bridgehead atoms. The van der Waals surface area contributed by atoms with Crippen LogP contribution >= 0.6 is 28.1 Å². The molecule has 3 nitrogen and oxygen atoms in total. The lowest BCUT2D eigenvalue weighted by atomic mass is 10.3. The van der Waals surface area contributed by atoms with Crippen molar-refractivity contribution in [2.45, 2.75) is 13.3 Å². The Kier molecular flexibility index (Phi) is 3.46. The summed E-state index contributed by atoms with van der Waals surface area (Å²) in [4.78, 5) is 11.8. The van der Waals surface area contributed by atoms with Crippen molar-refractivity contribution in [2.75, 3.05) is 0 Å². The molecule has 5 heteroatoms. The highest BCUT2D eigenvalue weighted by atomic mass is 79.9. The summed E-state index contributed by atoms with van der Waals surface area (Å²) < 4.78 is 1.54. The van der Waals surface area contributed by atoms with Crippen molar-refractivity contribution in [2.24, 2.45) is 0 Å². The Morgan fingerprint density at radius 1 is 1.44 bits per heavy atom. The van der Waals surface area contributed by atoms with Crippen LogP contribution in [0, 0.1) is 4.64 Å². The number of pyridine rings is 1. The Morgan fingerprint density at radius 2 is 2.25 bits per heavy atom. The Hall–Kier alpha value is -1.07. The van der Waals surface area contributed by atoms with Crippen LogP contribution in [0.3, 0.4) is 0 Å². The van der Waals surface area contributed by atoms with E-state index in [0.29, 0.717) is 4.64 Å². The van der Waals surface area contributed by atoms with E-state index in [0.717, 1.165) is 28.1 Å². The van der Waals surface area contributed by atoms with Gasteiger partial charge in [0.15, 0.2) is 5.82 Å². The molecule has 0 fully saturated rings. The maximum atomic E-state index is 5.11. The van der Waals surface area contributed by atoms with E-state index >= 15 is 0 Å². The number of rotatable bonds is 2. The lowest BCUT2D eigenvalue weighted by Crippen LogP contribution is -1.96. The van der Waals surface area contributed by atoms with Gasteiger partial charge < -0.3 is 4.98 Å². The molecule has 82 valence electrons. The summed E-state index contributed by atoms with van der Waals surface area (Å²) in [6, 6.07) is 5.70. The minimum absolute atomic E-state index is 0.593. The van der Waals surface area contributed by atoms with Crippen molar-refractivity contribution in [3.8, 4) is 11.5 Å². The smallest absolute Gasteiger partial charge is 0.157 e. The van der Waals surface area contributed by atoms with E-state index in [1.807, 2.05) is 18.2 Å². The number of aryl methyl sites for hydroxylation is 1. The molecular weight excluding hydrogens is 286 g/mol. The van der Waals surface area contributed by atoms with Crippen molar-refractivity contribution in [1.29, 1.82) is 0 Å². The standard InChI is InChI=1S/C11H10BrN3S/c1-2-8-5-10(16)15-11(14-8)9-4-3-7(12)6-13-9/h3-6H,2H2,1H3,(H,14,15,16). The third-order valence-electron chi connectivity index (χ3n) is 2.15. The molecule has 2 heterocycles. The first-order valence-electron chi connectivity index (χ1n) is 4.91. The molecule has 0 aliphatic heterocycles. The summed E-state index contributed by atoms with van der Waals surface area (Å²) in [5.41, 5.74) is 1.87. The fourth-order valence-electron chi connectivity index (χ4n) is 1.34. The van der Waals surface area contributed by atoms with E-state index in [-0.39, 0.29) is 0 Å². The van der Waals surface area contributed by atoms with Crippen molar-refractivity contribution in [3.63, 3.8) is 0 Å². The van der Waals surface area contributed by atoms with E-state index in [9.17, 15) is 0 Å². The van der Waals surface area contributed by atoms with Crippen LogP contribution in [-0.2, 0) is 6.42 Å². The predicted molar refractivity (Wildman–Crippen MR) is 69.7 cm³/mol. The van der Waals surface area contributed by atoms with E-state index in [1.165, 1.54) is 0 Å². The van der Waals surface area contributed by atoms with Gasteiger partial charge in [0.25, 0.3) is 0 Å². The molecule has 0 spiro atoms. The Labute approximate surface area is 107 Å². The van der Waals surface area contributed by atoms with Gasteiger partial charge in [-0.05, 0) is 40.5 Å². The van der Waals surface area contributed by atoms with Gasteiger partial charge in [0.2, 0.25) is 0 Å². The van der Waals surface area contributed by atoms with Crippen LogP contribution in [0.5, 0.6) is 0 Å². The van der Waals surface area contributed by atoms with Crippen molar-refractivity contribution < 1.29 is 0 Å². The monoisotopic (exact) mass is 295 g/mol. The maximum Gasteiger partial charge on any atom is 0.157 e. The van der Waals surface area contributed by atoms with Gasteiger partial charge in [0.1, 0.15) is 10.3 Å². The molecule has 2 aromatic rings. The second-order valence-corrected chi connectivity index (χ2v) is 4.64.